The summed E-state index contributed by atoms with van der Waals surface area (Å²) in [5.74, 6) is -1.45. The maximum atomic E-state index is 12.4. The van der Waals surface area contributed by atoms with E-state index in [1.807, 2.05) is 24.3 Å². The zero-order valence-electron chi connectivity index (χ0n) is 16.3. The Hall–Kier alpha value is -2.67. The summed E-state index contributed by atoms with van der Waals surface area (Å²) < 4.78 is 11.5. The molecule has 0 aromatic heterocycles. The van der Waals surface area contributed by atoms with E-state index in [2.05, 4.69) is 15.9 Å². The van der Waals surface area contributed by atoms with Gasteiger partial charge in [0.25, 0.3) is 0 Å². The second-order valence-corrected chi connectivity index (χ2v) is 8.06. The Kier molecular flexibility index (Phi) is 6.69. The molecule has 0 N–H and O–H groups in total. The molecule has 1 aliphatic rings. The molecule has 3 rings (SSSR count). The van der Waals surface area contributed by atoms with Crippen LogP contribution in [0, 0.1) is 5.92 Å². The van der Waals surface area contributed by atoms with Crippen molar-refractivity contribution >= 4 is 39.5 Å². The van der Waals surface area contributed by atoms with Gasteiger partial charge in [0.05, 0.1) is 17.6 Å². The third-order valence-electron chi connectivity index (χ3n) is 4.51. The molecule has 152 valence electrons. The van der Waals surface area contributed by atoms with Gasteiger partial charge in [-0.1, -0.05) is 28.1 Å². The summed E-state index contributed by atoms with van der Waals surface area (Å²) in [6.45, 7) is 3.99. The van der Waals surface area contributed by atoms with E-state index in [0.29, 0.717) is 11.3 Å². The van der Waals surface area contributed by atoms with Crippen LogP contribution in [0.4, 0.5) is 5.69 Å². The lowest BCUT2D eigenvalue weighted by atomic mass is 10.1. The van der Waals surface area contributed by atoms with Crippen LogP contribution < -0.4 is 4.90 Å². The molecule has 1 saturated heterocycles. The summed E-state index contributed by atoms with van der Waals surface area (Å²) in [6.07, 6.45) is -0.0948. The maximum Gasteiger partial charge on any atom is 0.338 e. The van der Waals surface area contributed by atoms with Crippen LogP contribution >= 0.6 is 15.9 Å². The molecule has 1 heterocycles. The maximum absolute atomic E-state index is 12.4. The zero-order chi connectivity index (χ0) is 21.0. The first-order valence-electron chi connectivity index (χ1n) is 9.36. The summed E-state index contributed by atoms with van der Waals surface area (Å²) in [4.78, 5) is 38.2. The van der Waals surface area contributed by atoms with E-state index in [9.17, 15) is 14.4 Å². The van der Waals surface area contributed by atoms with E-state index in [0.717, 1.165) is 10.0 Å². The van der Waals surface area contributed by atoms with Gasteiger partial charge in [-0.05, 0) is 55.8 Å². The molecule has 0 radical (unpaired) electrons. The number of amides is 1. The summed E-state index contributed by atoms with van der Waals surface area (Å²) in [5, 5.41) is 0. The van der Waals surface area contributed by atoms with Gasteiger partial charge in [0.2, 0.25) is 5.91 Å². The third kappa shape index (κ3) is 5.44. The molecule has 1 aliphatic heterocycles. The minimum absolute atomic E-state index is 0.107. The number of anilines is 1. The molecule has 1 atom stereocenters. The zero-order valence-corrected chi connectivity index (χ0v) is 17.8. The summed E-state index contributed by atoms with van der Waals surface area (Å²) >= 11 is 3.36. The summed E-state index contributed by atoms with van der Waals surface area (Å²) in [7, 11) is 0. The van der Waals surface area contributed by atoms with E-state index in [1.165, 1.54) is 0 Å². The average Bonchev–Trinajstić information content (AvgIpc) is 3.08. The number of halogens is 1. The van der Waals surface area contributed by atoms with Gasteiger partial charge in [0.15, 0.2) is 0 Å². The molecule has 0 saturated carbocycles. The highest BCUT2D eigenvalue weighted by Crippen LogP contribution is 2.26. The van der Waals surface area contributed by atoms with Crippen molar-refractivity contribution in [2.45, 2.75) is 33.0 Å². The Labute approximate surface area is 177 Å². The minimum atomic E-state index is -0.511. The molecule has 0 aliphatic carbocycles. The van der Waals surface area contributed by atoms with E-state index in [1.54, 1.807) is 43.0 Å². The Morgan fingerprint density at radius 2 is 1.76 bits per heavy atom. The third-order valence-corrected chi connectivity index (χ3v) is 5.04. The number of ether oxygens (including phenoxy) is 2. The highest BCUT2D eigenvalue weighted by Gasteiger charge is 2.36. The largest absolute Gasteiger partial charge is 0.461 e. The number of nitrogens with zero attached hydrogens (tertiary/aromatic N) is 1. The molecule has 6 nitrogen and oxygen atoms in total. The van der Waals surface area contributed by atoms with Crippen LogP contribution in [0.3, 0.4) is 0 Å². The van der Waals surface area contributed by atoms with Gasteiger partial charge < -0.3 is 14.4 Å². The fraction of sp³-hybridized carbons (Fsp3) is 0.318. The number of benzene rings is 2. The molecular formula is C22H22BrNO5. The van der Waals surface area contributed by atoms with Crippen LogP contribution in [0.25, 0.3) is 0 Å². The van der Waals surface area contributed by atoms with Crippen molar-refractivity contribution in [1.29, 1.82) is 0 Å². The van der Waals surface area contributed by atoms with Crippen molar-refractivity contribution in [2.75, 3.05) is 11.4 Å². The van der Waals surface area contributed by atoms with E-state index < -0.39 is 11.9 Å². The molecule has 0 unspecified atom stereocenters. The van der Waals surface area contributed by atoms with Crippen molar-refractivity contribution in [3.05, 3.63) is 64.1 Å². The van der Waals surface area contributed by atoms with Crippen LogP contribution in [0.5, 0.6) is 0 Å². The fourth-order valence-corrected chi connectivity index (χ4v) is 3.29. The standard InChI is InChI=1S/C22H22BrNO5/c1-14(2)29-22(27)16-5-9-19(10-6-16)24-12-17(11-20(24)25)21(26)28-13-15-3-7-18(23)8-4-15/h3-10,14,17H,11-13H2,1-2H3/t17-/m0/s1. The topological polar surface area (TPSA) is 72.9 Å². The molecular weight excluding hydrogens is 438 g/mol. The first-order valence-corrected chi connectivity index (χ1v) is 10.2. The highest BCUT2D eigenvalue weighted by molar-refractivity contribution is 9.10. The van der Waals surface area contributed by atoms with Crippen molar-refractivity contribution in [2.24, 2.45) is 5.92 Å². The first kappa shape index (κ1) is 21.0. The van der Waals surface area contributed by atoms with Gasteiger partial charge in [0.1, 0.15) is 6.61 Å². The normalized spacial score (nSPS) is 16.2. The van der Waals surface area contributed by atoms with Crippen LogP contribution in [0.1, 0.15) is 36.2 Å². The first-order chi connectivity index (χ1) is 13.8. The van der Waals surface area contributed by atoms with Crippen LogP contribution in [0.15, 0.2) is 53.0 Å². The smallest absolute Gasteiger partial charge is 0.338 e. The van der Waals surface area contributed by atoms with E-state index in [-0.39, 0.29) is 37.6 Å². The lowest BCUT2D eigenvalue weighted by molar-refractivity contribution is -0.149. The van der Waals surface area contributed by atoms with Crippen LogP contribution in [-0.2, 0) is 25.7 Å². The van der Waals surface area contributed by atoms with Gasteiger partial charge >= 0.3 is 11.9 Å². The van der Waals surface area contributed by atoms with Crippen molar-refractivity contribution in [3.8, 4) is 0 Å². The van der Waals surface area contributed by atoms with Gasteiger partial charge in [-0.3, -0.25) is 9.59 Å². The molecule has 2 aromatic carbocycles. The number of hydrogen-bond acceptors (Lipinski definition) is 5. The number of carbonyl (C=O) groups is 3. The van der Waals surface area contributed by atoms with Gasteiger partial charge in [0, 0.05) is 23.1 Å². The second-order valence-electron chi connectivity index (χ2n) is 7.14. The highest BCUT2D eigenvalue weighted by atomic mass is 79.9. The fourth-order valence-electron chi connectivity index (χ4n) is 3.03. The second kappa shape index (κ2) is 9.22. The van der Waals surface area contributed by atoms with Crippen molar-refractivity contribution in [3.63, 3.8) is 0 Å². The Morgan fingerprint density at radius 3 is 2.38 bits per heavy atom. The Balaban J connectivity index is 1.58. The predicted octanol–water partition coefficient (Wildman–Crippen LogP) is 4.11. The average molecular weight is 460 g/mol. The quantitative estimate of drug-likeness (QED) is 0.607. The molecule has 0 spiro atoms. The van der Waals surface area contributed by atoms with Crippen molar-refractivity contribution < 1.29 is 23.9 Å². The molecule has 2 aromatic rings. The molecule has 1 amide bonds. The van der Waals surface area contributed by atoms with E-state index >= 15 is 0 Å². The Bertz CT molecular complexity index is 892. The Morgan fingerprint density at radius 1 is 1.10 bits per heavy atom. The predicted molar refractivity (Wildman–Crippen MR) is 111 cm³/mol. The number of hydrogen-bond donors (Lipinski definition) is 0. The van der Waals surface area contributed by atoms with E-state index in [4.69, 9.17) is 9.47 Å². The summed E-state index contributed by atoms with van der Waals surface area (Å²) in [5.41, 5.74) is 1.94. The number of rotatable bonds is 6. The number of carbonyl (C=O) groups excluding carboxylic acids is 3. The number of esters is 2. The molecule has 1 fully saturated rings. The van der Waals surface area contributed by atoms with Gasteiger partial charge in [-0.2, -0.15) is 0 Å². The van der Waals surface area contributed by atoms with Crippen LogP contribution in [0.2, 0.25) is 0 Å². The molecule has 0 bridgehead atoms. The van der Waals surface area contributed by atoms with Crippen LogP contribution in [-0.4, -0.2) is 30.5 Å². The van der Waals surface area contributed by atoms with Gasteiger partial charge in [-0.15, -0.1) is 0 Å². The van der Waals surface area contributed by atoms with Gasteiger partial charge in [-0.25, -0.2) is 4.79 Å². The monoisotopic (exact) mass is 459 g/mol. The lowest BCUT2D eigenvalue weighted by Crippen LogP contribution is -2.26. The molecule has 7 heteroatoms. The van der Waals surface area contributed by atoms with Crippen molar-refractivity contribution in [1.82, 2.24) is 0 Å². The molecule has 29 heavy (non-hydrogen) atoms. The summed E-state index contributed by atoms with van der Waals surface area (Å²) in [6, 6.07) is 14.1. The minimum Gasteiger partial charge on any atom is -0.461 e. The lowest BCUT2D eigenvalue weighted by Gasteiger charge is -2.17. The SMILES string of the molecule is CC(C)OC(=O)c1ccc(N2C[C@@H](C(=O)OCc3ccc(Br)cc3)CC2=O)cc1.